The molecule has 1 fully saturated rings. The van der Waals surface area contributed by atoms with E-state index in [0.717, 1.165) is 58.0 Å². The van der Waals surface area contributed by atoms with Crippen molar-refractivity contribution in [3.63, 3.8) is 0 Å². The molecule has 0 atom stereocenters. The summed E-state index contributed by atoms with van der Waals surface area (Å²) in [5, 5.41) is 10.4. The lowest BCUT2D eigenvalue weighted by molar-refractivity contribution is -0.00217. The number of rotatable bonds is 7. The monoisotopic (exact) mass is 285 g/mol. The number of likely N-dealkylation sites (tertiary alicyclic amines) is 1. The first-order valence-electron chi connectivity index (χ1n) is 8.18. The minimum absolute atomic E-state index is 0.168. The third kappa shape index (κ3) is 5.31. The number of nitrogens with zero attached hydrogens (tertiary/aromatic N) is 1. The van der Waals surface area contributed by atoms with E-state index in [1.54, 1.807) is 0 Å². The Morgan fingerprint density at radius 2 is 1.85 bits per heavy atom. The fourth-order valence-electron chi connectivity index (χ4n) is 2.79. The maximum Gasteiger partial charge on any atom is 0.409 e. The number of carbonyl (C=O) groups excluding carboxylic acids is 1. The van der Waals surface area contributed by atoms with Crippen LogP contribution in [0.25, 0.3) is 0 Å². The number of piperidine rings is 1. The normalized spacial score (nSPS) is 17.3. The van der Waals surface area contributed by atoms with E-state index >= 15 is 0 Å². The molecule has 0 aromatic carbocycles. The maximum absolute atomic E-state index is 11.8. The molecular formula is C16H31NO3. The van der Waals surface area contributed by atoms with E-state index in [0.29, 0.717) is 12.5 Å². The lowest BCUT2D eigenvalue weighted by atomic mass is 9.82. The van der Waals surface area contributed by atoms with Crippen molar-refractivity contribution in [3.8, 4) is 0 Å². The smallest absolute Gasteiger partial charge is 0.409 e. The van der Waals surface area contributed by atoms with Gasteiger partial charge in [0.25, 0.3) is 0 Å². The van der Waals surface area contributed by atoms with E-state index in [-0.39, 0.29) is 6.09 Å². The molecule has 4 heteroatoms. The summed E-state index contributed by atoms with van der Waals surface area (Å²) in [5.41, 5.74) is -0.519. The fourth-order valence-corrected chi connectivity index (χ4v) is 2.79. The molecule has 1 aliphatic rings. The van der Waals surface area contributed by atoms with Crippen molar-refractivity contribution in [2.75, 3.05) is 19.7 Å². The summed E-state index contributed by atoms with van der Waals surface area (Å²) in [6.07, 6.45) is 6.24. The first kappa shape index (κ1) is 17.3. The van der Waals surface area contributed by atoms with Crippen LogP contribution in [0, 0.1) is 5.92 Å². The van der Waals surface area contributed by atoms with Crippen LogP contribution < -0.4 is 0 Å². The Kier molecular flexibility index (Phi) is 7.35. The summed E-state index contributed by atoms with van der Waals surface area (Å²) in [6, 6.07) is 0. The lowest BCUT2D eigenvalue weighted by Gasteiger charge is -2.36. The second-order valence-electron chi connectivity index (χ2n) is 6.03. The standard InChI is InChI=1S/C16H31NO3/c1-4-7-12-20-15(18)17-10-8-14(9-11-17)13-16(19,5-2)6-3/h14,19H,4-13H2,1-3H3. The van der Waals surface area contributed by atoms with Crippen molar-refractivity contribution in [2.24, 2.45) is 5.92 Å². The molecule has 1 rings (SSSR count). The third-order valence-corrected chi connectivity index (χ3v) is 4.58. The van der Waals surface area contributed by atoms with Gasteiger partial charge in [0.15, 0.2) is 0 Å². The van der Waals surface area contributed by atoms with Gasteiger partial charge in [-0.15, -0.1) is 0 Å². The van der Waals surface area contributed by atoms with Gasteiger partial charge < -0.3 is 14.7 Å². The van der Waals surface area contributed by atoms with Crippen molar-refractivity contribution < 1.29 is 14.6 Å². The Morgan fingerprint density at radius 1 is 1.25 bits per heavy atom. The van der Waals surface area contributed by atoms with Gasteiger partial charge in [0, 0.05) is 13.1 Å². The first-order valence-corrected chi connectivity index (χ1v) is 8.18. The Morgan fingerprint density at radius 3 is 2.35 bits per heavy atom. The molecule has 1 N–H and O–H groups in total. The van der Waals surface area contributed by atoms with Crippen LogP contribution in [-0.2, 0) is 4.74 Å². The second kappa shape index (κ2) is 8.50. The summed E-state index contributed by atoms with van der Waals surface area (Å²) in [5.74, 6) is 0.527. The van der Waals surface area contributed by atoms with E-state index < -0.39 is 5.60 Å². The zero-order valence-corrected chi connectivity index (χ0v) is 13.4. The van der Waals surface area contributed by atoms with Gasteiger partial charge in [0.2, 0.25) is 0 Å². The van der Waals surface area contributed by atoms with Crippen LogP contribution in [0.5, 0.6) is 0 Å². The maximum atomic E-state index is 11.8. The minimum Gasteiger partial charge on any atom is -0.449 e. The Balaban J connectivity index is 2.31. The van der Waals surface area contributed by atoms with Crippen molar-refractivity contribution >= 4 is 6.09 Å². The molecule has 1 amide bonds. The highest BCUT2D eigenvalue weighted by molar-refractivity contribution is 5.67. The van der Waals surface area contributed by atoms with Gasteiger partial charge >= 0.3 is 6.09 Å². The Bertz CT molecular complexity index is 281. The van der Waals surface area contributed by atoms with Gasteiger partial charge in [0.1, 0.15) is 0 Å². The van der Waals surface area contributed by atoms with E-state index in [1.165, 1.54) is 0 Å². The average molecular weight is 285 g/mol. The predicted octanol–water partition coefficient (Wildman–Crippen LogP) is 3.58. The molecule has 0 unspecified atom stereocenters. The molecule has 0 aliphatic carbocycles. The predicted molar refractivity (Wildman–Crippen MR) is 80.7 cm³/mol. The SMILES string of the molecule is CCCCOC(=O)N1CCC(CC(O)(CC)CC)CC1. The highest BCUT2D eigenvalue weighted by Crippen LogP contribution is 2.30. The number of hydrogen-bond donors (Lipinski definition) is 1. The van der Waals surface area contributed by atoms with Gasteiger partial charge in [-0.1, -0.05) is 27.2 Å². The average Bonchev–Trinajstić information content (AvgIpc) is 2.48. The quantitative estimate of drug-likeness (QED) is 0.727. The summed E-state index contributed by atoms with van der Waals surface area (Å²) in [4.78, 5) is 13.6. The molecule has 0 radical (unpaired) electrons. The van der Waals surface area contributed by atoms with E-state index in [9.17, 15) is 9.90 Å². The Labute approximate surface area is 123 Å². The number of hydrogen-bond acceptors (Lipinski definition) is 3. The summed E-state index contributed by atoms with van der Waals surface area (Å²) in [6.45, 7) is 8.23. The van der Waals surface area contributed by atoms with Crippen LogP contribution in [-0.4, -0.2) is 41.4 Å². The summed E-state index contributed by atoms with van der Waals surface area (Å²) >= 11 is 0. The van der Waals surface area contributed by atoms with Crippen LogP contribution in [0.4, 0.5) is 4.79 Å². The van der Waals surface area contributed by atoms with E-state index in [4.69, 9.17) is 4.74 Å². The van der Waals surface area contributed by atoms with Gasteiger partial charge in [-0.25, -0.2) is 4.79 Å². The third-order valence-electron chi connectivity index (χ3n) is 4.58. The summed E-state index contributed by atoms with van der Waals surface area (Å²) < 4.78 is 5.24. The summed E-state index contributed by atoms with van der Waals surface area (Å²) in [7, 11) is 0. The number of unbranched alkanes of at least 4 members (excludes halogenated alkanes) is 1. The largest absolute Gasteiger partial charge is 0.449 e. The number of carbonyl (C=O) groups is 1. The van der Waals surface area contributed by atoms with Crippen LogP contribution in [0.3, 0.4) is 0 Å². The molecule has 1 saturated heterocycles. The van der Waals surface area contributed by atoms with Crippen LogP contribution in [0.2, 0.25) is 0 Å². The molecule has 0 aromatic heterocycles. The molecule has 0 saturated carbocycles. The molecule has 1 aliphatic heterocycles. The fraction of sp³-hybridized carbons (Fsp3) is 0.938. The molecule has 0 spiro atoms. The van der Waals surface area contributed by atoms with Gasteiger partial charge in [-0.2, -0.15) is 0 Å². The van der Waals surface area contributed by atoms with Crippen molar-refractivity contribution in [1.82, 2.24) is 4.90 Å². The molecule has 0 bridgehead atoms. The molecule has 118 valence electrons. The van der Waals surface area contributed by atoms with Crippen molar-refractivity contribution in [2.45, 2.75) is 71.3 Å². The first-order chi connectivity index (χ1) is 9.54. The number of ether oxygens (including phenoxy) is 1. The topological polar surface area (TPSA) is 49.8 Å². The molecule has 0 aromatic rings. The van der Waals surface area contributed by atoms with Crippen LogP contribution in [0.15, 0.2) is 0 Å². The number of aliphatic hydroxyl groups is 1. The zero-order valence-electron chi connectivity index (χ0n) is 13.4. The highest BCUT2D eigenvalue weighted by atomic mass is 16.6. The molecular weight excluding hydrogens is 254 g/mol. The molecule has 4 nitrogen and oxygen atoms in total. The van der Waals surface area contributed by atoms with Gasteiger partial charge in [0.05, 0.1) is 12.2 Å². The molecule has 20 heavy (non-hydrogen) atoms. The zero-order chi connectivity index (χ0) is 15.0. The van der Waals surface area contributed by atoms with Crippen LogP contribution >= 0.6 is 0 Å². The van der Waals surface area contributed by atoms with Crippen molar-refractivity contribution in [1.29, 1.82) is 0 Å². The van der Waals surface area contributed by atoms with E-state index in [1.807, 2.05) is 18.7 Å². The van der Waals surface area contributed by atoms with Crippen molar-refractivity contribution in [3.05, 3.63) is 0 Å². The highest BCUT2D eigenvalue weighted by Gasteiger charge is 2.30. The van der Waals surface area contributed by atoms with Gasteiger partial charge in [-0.05, 0) is 44.4 Å². The van der Waals surface area contributed by atoms with E-state index in [2.05, 4.69) is 6.92 Å². The second-order valence-corrected chi connectivity index (χ2v) is 6.03. The molecule has 1 heterocycles. The lowest BCUT2D eigenvalue weighted by Crippen LogP contribution is -2.41. The Hall–Kier alpha value is -0.770. The van der Waals surface area contributed by atoms with Crippen LogP contribution in [0.1, 0.15) is 65.7 Å². The minimum atomic E-state index is -0.519. The van der Waals surface area contributed by atoms with Gasteiger partial charge in [-0.3, -0.25) is 0 Å². The number of amides is 1.